The quantitative estimate of drug-likeness (QED) is 0.483. The monoisotopic (exact) mass is 427 g/mol. The van der Waals surface area contributed by atoms with Crippen molar-refractivity contribution < 1.29 is 18.7 Å². The Morgan fingerprint density at radius 1 is 1.07 bits per heavy atom. The van der Waals surface area contributed by atoms with Gasteiger partial charge in [-0.1, -0.05) is 29.8 Å². The number of hydrogen-bond donors (Lipinski definition) is 1. The van der Waals surface area contributed by atoms with E-state index in [2.05, 4.69) is 5.32 Å². The molecule has 3 aromatic carbocycles. The molecule has 0 aliphatic heterocycles. The minimum atomic E-state index is -0.312. The zero-order valence-electron chi connectivity index (χ0n) is 16.8. The van der Waals surface area contributed by atoms with Crippen LogP contribution in [0.5, 0.6) is 11.5 Å². The molecule has 1 amide bonds. The number of halogens is 2. The molecule has 30 heavy (non-hydrogen) atoms. The molecule has 6 heteroatoms. The van der Waals surface area contributed by atoms with Gasteiger partial charge in [0.15, 0.2) is 0 Å². The SMILES string of the molecule is CCOc1ccc(C(=O)NC(C)c2ccc(F)cc2)cc1COc1cccc(Cl)c1. The first-order valence-electron chi connectivity index (χ1n) is 9.66. The molecule has 0 aliphatic carbocycles. The highest BCUT2D eigenvalue weighted by atomic mass is 35.5. The Balaban J connectivity index is 1.74. The van der Waals surface area contributed by atoms with Gasteiger partial charge in [-0.05, 0) is 67.9 Å². The topological polar surface area (TPSA) is 47.6 Å². The van der Waals surface area contributed by atoms with Crippen LogP contribution in [-0.4, -0.2) is 12.5 Å². The van der Waals surface area contributed by atoms with Gasteiger partial charge in [0.1, 0.15) is 23.9 Å². The Labute approximate surface area is 180 Å². The van der Waals surface area contributed by atoms with E-state index >= 15 is 0 Å². The zero-order chi connectivity index (χ0) is 21.5. The van der Waals surface area contributed by atoms with Crippen molar-refractivity contribution in [3.05, 3.63) is 94.3 Å². The van der Waals surface area contributed by atoms with Crippen LogP contribution in [0.25, 0.3) is 0 Å². The van der Waals surface area contributed by atoms with Gasteiger partial charge in [0.25, 0.3) is 5.91 Å². The van der Waals surface area contributed by atoms with E-state index in [9.17, 15) is 9.18 Å². The van der Waals surface area contributed by atoms with Crippen LogP contribution in [0, 0.1) is 5.82 Å². The van der Waals surface area contributed by atoms with Crippen LogP contribution >= 0.6 is 11.6 Å². The van der Waals surface area contributed by atoms with Crippen LogP contribution in [-0.2, 0) is 6.61 Å². The van der Waals surface area contributed by atoms with Gasteiger partial charge in [-0.15, -0.1) is 0 Å². The van der Waals surface area contributed by atoms with Crippen molar-refractivity contribution in [2.45, 2.75) is 26.5 Å². The molecular formula is C24H23ClFNO3. The summed E-state index contributed by atoms with van der Waals surface area (Å²) in [5.41, 5.74) is 2.05. The van der Waals surface area contributed by atoms with Crippen molar-refractivity contribution >= 4 is 17.5 Å². The average Bonchev–Trinajstić information content (AvgIpc) is 2.73. The fourth-order valence-corrected chi connectivity index (χ4v) is 3.14. The highest BCUT2D eigenvalue weighted by Gasteiger charge is 2.15. The summed E-state index contributed by atoms with van der Waals surface area (Å²) >= 11 is 6.00. The average molecular weight is 428 g/mol. The minimum absolute atomic E-state index is 0.226. The maximum atomic E-state index is 13.1. The molecule has 0 radical (unpaired) electrons. The van der Waals surface area contributed by atoms with E-state index < -0.39 is 0 Å². The fraction of sp³-hybridized carbons (Fsp3) is 0.208. The molecule has 0 aliphatic rings. The molecule has 0 fully saturated rings. The molecule has 4 nitrogen and oxygen atoms in total. The summed E-state index contributed by atoms with van der Waals surface area (Å²) in [6, 6.07) is 18.1. The van der Waals surface area contributed by atoms with E-state index in [0.29, 0.717) is 28.7 Å². The van der Waals surface area contributed by atoms with Gasteiger partial charge in [0, 0.05) is 16.1 Å². The van der Waals surface area contributed by atoms with E-state index in [4.69, 9.17) is 21.1 Å². The molecule has 156 valence electrons. The summed E-state index contributed by atoms with van der Waals surface area (Å²) in [5, 5.41) is 3.52. The number of amides is 1. The Morgan fingerprint density at radius 2 is 1.83 bits per heavy atom. The van der Waals surface area contributed by atoms with Crippen LogP contribution in [0.1, 0.15) is 41.4 Å². The summed E-state index contributed by atoms with van der Waals surface area (Å²) in [5.74, 6) is 0.736. The lowest BCUT2D eigenvalue weighted by Crippen LogP contribution is -2.26. The van der Waals surface area contributed by atoms with Gasteiger partial charge in [-0.3, -0.25) is 4.79 Å². The molecule has 0 aromatic heterocycles. The second-order valence-corrected chi connectivity index (χ2v) is 7.18. The lowest BCUT2D eigenvalue weighted by Gasteiger charge is -2.16. The summed E-state index contributed by atoms with van der Waals surface area (Å²) in [6.07, 6.45) is 0. The van der Waals surface area contributed by atoms with E-state index in [-0.39, 0.29) is 24.4 Å². The van der Waals surface area contributed by atoms with E-state index in [1.54, 1.807) is 42.5 Å². The lowest BCUT2D eigenvalue weighted by atomic mass is 10.1. The summed E-state index contributed by atoms with van der Waals surface area (Å²) < 4.78 is 24.6. The van der Waals surface area contributed by atoms with E-state index in [1.165, 1.54) is 12.1 Å². The van der Waals surface area contributed by atoms with E-state index in [0.717, 1.165) is 11.1 Å². The first kappa shape index (κ1) is 21.7. The van der Waals surface area contributed by atoms with Crippen molar-refractivity contribution in [3.8, 4) is 11.5 Å². The number of rotatable bonds is 8. The summed E-state index contributed by atoms with van der Waals surface area (Å²) in [4.78, 5) is 12.8. The number of hydrogen-bond acceptors (Lipinski definition) is 3. The highest BCUT2D eigenvalue weighted by Crippen LogP contribution is 2.24. The minimum Gasteiger partial charge on any atom is -0.493 e. The predicted molar refractivity (Wildman–Crippen MR) is 116 cm³/mol. The second-order valence-electron chi connectivity index (χ2n) is 6.75. The zero-order valence-corrected chi connectivity index (χ0v) is 17.6. The third kappa shape index (κ3) is 5.74. The van der Waals surface area contributed by atoms with Crippen molar-refractivity contribution in [1.82, 2.24) is 5.32 Å². The van der Waals surface area contributed by atoms with Gasteiger partial charge in [-0.2, -0.15) is 0 Å². The van der Waals surface area contributed by atoms with Crippen LogP contribution in [0.4, 0.5) is 4.39 Å². The molecule has 1 unspecified atom stereocenters. The number of carbonyl (C=O) groups excluding carboxylic acids is 1. The molecule has 0 saturated heterocycles. The number of benzene rings is 3. The van der Waals surface area contributed by atoms with Gasteiger partial charge in [-0.25, -0.2) is 4.39 Å². The molecule has 3 aromatic rings. The molecule has 1 N–H and O–H groups in total. The number of nitrogens with one attached hydrogen (secondary N) is 1. The second kappa shape index (κ2) is 10.1. The standard InChI is InChI=1S/C24H23ClFNO3/c1-3-29-23-12-9-18(13-19(23)15-30-22-6-4-5-20(25)14-22)24(28)27-16(2)17-7-10-21(26)11-8-17/h4-14,16H,3,15H2,1-2H3,(H,27,28). The Morgan fingerprint density at radius 3 is 2.53 bits per heavy atom. The first-order chi connectivity index (χ1) is 14.5. The fourth-order valence-electron chi connectivity index (χ4n) is 2.96. The molecule has 0 saturated carbocycles. The van der Waals surface area contributed by atoms with Crippen LogP contribution in [0.3, 0.4) is 0 Å². The third-order valence-electron chi connectivity index (χ3n) is 4.53. The Hall–Kier alpha value is -3.05. The van der Waals surface area contributed by atoms with Gasteiger partial charge >= 0.3 is 0 Å². The lowest BCUT2D eigenvalue weighted by molar-refractivity contribution is 0.0939. The Kier molecular flexibility index (Phi) is 7.31. The molecule has 1 atom stereocenters. The molecule has 0 heterocycles. The van der Waals surface area contributed by atoms with Crippen molar-refractivity contribution in [3.63, 3.8) is 0 Å². The molecule has 3 rings (SSSR count). The number of carbonyl (C=O) groups is 1. The van der Waals surface area contributed by atoms with E-state index in [1.807, 2.05) is 26.0 Å². The summed E-state index contributed by atoms with van der Waals surface area (Å²) in [6.45, 7) is 4.47. The number of ether oxygens (including phenoxy) is 2. The van der Waals surface area contributed by atoms with Crippen molar-refractivity contribution in [2.75, 3.05) is 6.61 Å². The first-order valence-corrected chi connectivity index (χ1v) is 10.0. The largest absolute Gasteiger partial charge is 0.493 e. The molecule has 0 bridgehead atoms. The van der Waals surface area contributed by atoms with Crippen LogP contribution < -0.4 is 14.8 Å². The maximum Gasteiger partial charge on any atom is 0.251 e. The Bertz CT molecular complexity index is 1010. The summed E-state index contributed by atoms with van der Waals surface area (Å²) in [7, 11) is 0. The van der Waals surface area contributed by atoms with Gasteiger partial charge in [0.2, 0.25) is 0 Å². The highest BCUT2D eigenvalue weighted by molar-refractivity contribution is 6.30. The predicted octanol–water partition coefficient (Wildman–Crippen LogP) is 5.95. The maximum absolute atomic E-state index is 13.1. The van der Waals surface area contributed by atoms with Crippen molar-refractivity contribution in [2.24, 2.45) is 0 Å². The third-order valence-corrected chi connectivity index (χ3v) is 4.77. The van der Waals surface area contributed by atoms with Gasteiger partial charge < -0.3 is 14.8 Å². The van der Waals surface area contributed by atoms with Gasteiger partial charge in [0.05, 0.1) is 12.6 Å². The van der Waals surface area contributed by atoms with Crippen LogP contribution in [0.15, 0.2) is 66.7 Å². The normalized spacial score (nSPS) is 11.6. The smallest absolute Gasteiger partial charge is 0.251 e. The van der Waals surface area contributed by atoms with Crippen molar-refractivity contribution in [1.29, 1.82) is 0 Å². The molecular weight excluding hydrogens is 405 g/mol. The molecule has 0 spiro atoms. The van der Waals surface area contributed by atoms with Crippen LogP contribution in [0.2, 0.25) is 5.02 Å².